The molecule has 0 saturated carbocycles. The largest absolute Gasteiger partial charge is 0.330 e. The van der Waals surface area contributed by atoms with Crippen molar-refractivity contribution in [3.8, 4) is 0 Å². The van der Waals surface area contributed by atoms with Crippen molar-refractivity contribution >= 4 is 11.3 Å². The number of hydrogen-bond acceptors (Lipinski definition) is 4. The Morgan fingerprint density at radius 3 is 2.63 bits per heavy atom. The molecule has 0 atom stereocenters. The molecule has 2 rings (SSSR count). The molecular formula is C15H21N3S. The number of aryl methyl sites for hydroxylation is 1. The van der Waals surface area contributed by atoms with Crippen LogP contribution < -0.4 is 5.73 Å². The van der Waals surface area contributed by atoms with E-state index in [-0.39, 0.29) is 0 Å². The summed E-state index contributed by atoms with van der Waals surface area (Å²) < 4.78 is 0. The predicted molar refractivity (Wildman–Crippen MR) is 81.1 cm³/mol. The highest BCUT2D eigenvalue weighted by atomic mass is 32.1. The average molecular weight is 275 g/mol. The van der Waals surface area contributed by atoms with Crippen molar-refractivity contribution in [3.05, 3.63) is 52.0 Å². The monoisotopic (exact) mass is 275 g/mol. The predicted octanol–water partition coefficient (Wildman–Crippen LogP) is 2.80. The lowest BCUT2D eigenvalue weighted by atomic mass is 10.2. The number of rotatable bonds is 7. The fourth-order valence-corrected chi connectivity index (χ4v) is 2.85. The Morgan fingerprint density at radius 1 is 1.21 bits per heavy atom. The van der Waals surface area contributed by atoms with Gasteiger partial charge in [0, 0.05) is 24.2 Å². The van der Waals surface area contributed by atoms with Crippen LogP contribution in [0.15, 0.2) is 35.7 Å². The summed E-state index contributed by atoms with van der Waals surface area (Å²) >= 11 is 1.74. The first-order valence-corrected chi connectivity index (χ1v) is 7.53. The van der Waals surface area contributed by atoms with Crippen molar-refractivity contribution in [3.63, 3.8) is 0 Å². The third-order valence-electron chi connectivity index (χ3n) is 2.95. The minimum atomic E-state index is 0.738. The van der Waals surface area contributed by atoms with Gasteiger partial charge in [-0.25, -0.2) is 4.98 Å². The molecule has 0 amide bonds. The fourth-order valence-electron chi connectivity index (χ4n) is 2.04. The van der Waals surface area contributed by atoms with Gasteiger partial charge in [0.05, 0.1) is 6.54 Å². The second-order valence-corrected chi connectivity index (χ2v) is 5.66. The molecular weight excluding hydrogens is 254 g/mol. The highest BCUT2D eigenvalue weighted by Gasteiger charge is 2.09. The fraction of sp³-hybridized carbons (Fsp3) is 0.400. The molecule has 3 nitrogen and oxygen atoms in total. The van der Waals surface area contributed by atoms with Crippen LogP contribution >= 0.6 is 11.3 Å². The van der Waals surface area contributed by atoms with Gasteiger partial charge in [-0.05, 0) is 25.5 Å². The van der Waals surface area contributed by atoms with Gasteiger partial charge in [-0.15, -0.1) is 11.3 Å². The lowest BCUT2D eigenvalue weighted by molar-refractivity contribution is 0.254. The first-order chi connectivity index (χ1) is 9.28. The van der Waals surface area contributed by atoms with Gasteiger partial charge in [-0.3, -0.25) is 4.90 Å². The third kappa shape index (κ3) is 4.74. The number of hydrogen-bond donors (Lipinski definition) is 1. The van der Waals surface area contributed by atoms with Gasteiger partial charge >= 0.3 is 0 Å². The van der Waals surface area contributed by atoms with Crippen molar-refractivity contribution in [1.82, 2.24) is 9.88 Å². The molecule has 0 aliphatic rings. The van der Waals surface area contributed by atoms with Crippen LogP contribution in [0.2, 0.25) is 0 Å². The van der Waals surface area contributed by atoms with Crippen molar-refractivity contribution in [2.45, 2.75) is 26.4 Å². The SMILES string of the molecule is Cc1csc(CN(CCCN)Cc2ccccc2)n1. The Labute approximate surface area is 119 Å². The second kappa shape index (κ2) is 7.38. The van der Waals surface area contributed by atoms with Crippen LogP contribution in [0.5, 0.6) is 0 Å². The molecule has 0 fully saturated rings. The van der Waals surface area contributed by atoms with Crippen LogP contribution in [0.1, 0.15) is 22.7 Å². The number of thiazole rings is 1. The zero-order valence-electron chi connectivity index (χ0n) is 11.4. The molecule has 1 aromatic carbocycles. The molecule has 1 heterocycles. The Bertz CT molecular complexity index is 481. The topological polar surface area (TPSA) is 42.1 Å². The maximum absolute atomic E-state index is 5.63. The van der Waals surface area contributed by atoms with E-state index in [1.54, 1.807) is 11.3 Å². The highest BCUT2D eigenvalue weighted by Crippen LogP contribution is 2.14. The van der Waals surface area contributed by atoms with E-state index in [0.717, 1.165) is 38.3 Å². The van der Waals surface area contributed by atoms with Gasteiger partial charge in [0.25, 0.3) is 0 Å². The van der Waals surface area contributed by atoms with E-state index in [4.69, 9.17) is 5.73 Å². The van der Waals surface area contributed by atoms with E-state index in [9.17, 15) is 0 Å². The Morgan fingerprint density at radius 2 is 2.00 bits per heavy atom. The molecule has 4 heteroatoms. The third-order valence-corrected chi connectivity index (χ3v) is 3.90. The summed E-state index contributed by atoms with van der Waals surface area (Å²) in [5.74, 6) is 0. The molecule has 0 bridgehead atoms. The lowest BCUT2D eigenvalue weighted by Gasteiger charge is -2.21. The summed E-state index contributed by atoms with van der Waals surface area (Å²) in [5.41, 5.74) is 8.08. The number of aromatic nitrogens is 1. The van der Waals surface area contributed by atoms with Crippen molar-refractivity contribution < 1.29 is 0 Å². The summed E-state index contributed by atoms with van der Waals surface area (Å²) in [6.07, 6.45) is 1.02. The standard InChI is InChI=1S/C15H21N3S/c1-13-12-19-15(17-13)11-18(9-5-8-16)10-14-6-3-2-4-7-14/h2-4,6-7,12H,5,8-11,16H2,1H3. The van der Waals surface area contributed by atoms with E-state index in [2.05, 4.69) is 45.6 Å². The summed E-state index contributed by atoms with van der Waals surface area (Å²) in [5, 5.41) is 3.30. The van der Waals surface area contributed by atoms with Crippen LogP contribution in [-0.2, 0) is 13.1 Å². The molecule has 2 aromatic rings. The maximum atomic E-state index is 5.63. The quantitative estimate of drug-likeness (QED) is 0.845. The van der Waals surface area contributed by atoms with Crippen molar-refractivity contribution in [2.75, 3.05) is 13.1 Å². The molecule has 19 heavy (non-hydrogen) atoms. The van der Waals surface area contributed by atoms with Gasteiger partial charge in [0.15, 0.2) is 0 Å². The molecule has 102 valence electrons. The van der Waals surface area contributed by atoms with Gasteiger partial charge in [-0.2, -0.15) is 0 Å². The summed E-state index contributed by atoms with van der Waals surface area (Å²) in [7, 11) is 0. The lowest BCUT2D eigenvalue weighted by Crippen LogP contribution is -2.25. The minimum absolute atomic E-state index is 0.738. The smallest absolute Gasteiger partial charge is 0.107 e. The molecule has 0 radical (unpaired) electrons. The number of nitrogens with zero attached hydrogens (tertiary/aromatic N) is 2. The molecule has 0 aliphatic carbocycles. The molecule has 0 saturated heterocycles. The van der Waals surface area contributed by atoms with Crippen molar-refractivity contribution in [1.29, 1.82) is 0 Å². The molecule has 0 unspecified atom stereocenters. The van der Waals surface area contributed by atoms with E-state index < -0.39 is 0 Å². The van der Waals surface area contributed by atoms with Crippen LogP contribution in [-0.4, -0.2) is 23.0 Å². The van der Waals surface area contributed by atoms with Gasteiger partial charge in [-0.1, -0.05) is 30.3 Å². The summed E-state index contributed by atoms with van der Waals surface area (Å²) in [6.45, 7) is 5.67. The van der Waals surface area contributed by atoms with Gasteiger partial charge < -0.3 is 5.73 Å². The van der Waals surface area contributed by atoms with E-state index in [0.29, 0.717) is 0 Å². The molecule has 2 N–H and O–H groups in total. The number of nitrogens with two attached hydrogens (primary N) is 1. The Hall–Kier alpha value is -1.23. The maximum Gasteiger partial charge on any atom is 0.107 e. The van der Waals surface area contributed by atoms with Crippen LogP contribution in [0.25, 0.3) is 0 Å². The minimum Gasteiger partial charge on any atom is -0.330 e. The summed E-state index contributed by atoms with van der Waals surface area (Å²) in [4.78, 5) is 6.96. The van der Waals surface area contributed by atoms with E-state index in [1.165, 1.54) is 10.6 Å². The first-order valence-electron chi connectivity index (χ1n) is 6.65. The Kier molecular flexibility index (Phi) is 5.51. The van der Waals surface area contributed by atoms with E-state index in [1.807, 2.05) is 6.92 Å². The molecule has 0 aliphatic heterocycles. The number of benzene rings is 1. The Balaban J connectivity index is 1.99. The average Bonchev–Trinajstić information content (AvgIpc) is 2.82. The zero-order valence-corrected chi connectivity index (χ0v) is 12.2. The normalized spacial score (nSPS) is 11.1. The first kappa shape index (κ1) is 14.2. The zero-order chi connectivity index (χ0) is 13.5. The van der Waals surface area contributed by atoms with Crippen LogP contribution in [0.4, 0.5) is 0 Å². The second-order valence-electron chi connectivity index (χ2n) is 4.72. The van der Waals surface area contributed by atoms with Gasteiger partial charge in [0.1, 0.15) is 5.01 Å². The van der Waals surface area contributed by atoms with E-state index >= 15 is 0 Å². The highest BCUT2D eigenvalue weighted by molar-refractivity contribution is 7.09. The summed E-state index contributed by atoms with van der Waals surface area (Å²) in [6, 6.07) is 10.6. The van der Waals surface area contributed by atoms with Gasteiger partial charge in [0.2, 0.25) is 0 Å². The molecule has 0 spiro atoms. The van der Waals surface area contributed by atoms with Crippen LogP contribution in [0, 0.1) is 6.92 Å². The molecule has 1 aromatic heterocycles. The van der Waals surface area contributed by atoms with Crippen molar-refractivity contribution in [2.24, 2.45) is 5.73 Å². The van der Waals surface area contributed by atoms with Crippen LogP contribution in [0.3, 0.4) is 0 Å².